The number of carboxylic acids is 1. The Kier molecular flexibility index (Phi) is 4.08. The average Bonchev–Trinajstić information content (AvgIpc) is 2.25. The van der Waals surface area contributed by atoms with Gasteiger partial charge in [0.1, 0.15) is 18.4 Å². The molecule has 0 spiro atoms. The highest BCUT2D eigenvalue weighted by Gasteiger charge is 2.13. The smallest absolute Gasteiger partial charge is 0.324 e. The van der Waals surface area contributed by atoms with Crippen LogP contribution in [0.3, 0.4) is 0 Å². The van der Waals surface area contributed by atoms with E-state index in [0.717, 1.165) is 6.26 Å². The van der Waals surface area contributed by atoms with Crippen molar-refractivity contribution in [3.05, 3.63) is 24.3 Å². The number of nitrogens with two attached hydrogens (primary N) is 1. The minimum absolute atomic E-state index is 0.110. The number of benzene rings is 1. The molecule has 0 radical (unpaired) electrons. The predicted molar refractivity (Wildman–Crippen MR) is 60.7 cm³/mol. The summed E-state index contributed by atoms with van der Waals surface area (Å²) in [5.74, 6) is -0.908. The number of aliphatic carboxylic acids is 1. The lowest BCUT2D eigenvalue weighted by molar-refractivity contribution is -0.139. The minimum Gasteiger partial charge on any atom is -0.491 e. The maximum atomic E-state index is 11.3. The second-order valence-corrected chi connectivity index (χ2v) is 5.52. The van der Waals surface area contributed by atoms with Crippen LogP contribution in [0, 0.1) is 0 Å². The van der Waals surface area contributed by atoms with E-state index in [-0.39, 0.29) is 17.3 Å². The van der Waals surface area contributed by atoms with Gasteiger partial charge in [-0.15, -0.1) is 0 Å². The molecule has 0 saturated heterocycles. The summed E-state index contributed by atoms with van der Waals surface area (Å²) in [5, 5.41) is 8.54. The van der Waals surface area contributed by atoms with Gasteiger partial charge >= 0.3 is 5.97 Å². The Morgan fingerprint density at radius 2 is 2.18 bits per heavy atom. The van der Waals surface area contributed by atoms with E-state index in [1.54, 1.807) is 0 Å². The second-order valence-electron chi connectivity index (χ2n) is 3.50. The fraction of sp³-hybridized carbons (Fsp3) is 0.300. The summed E-state index contributed by atoms with van der Waals surface area (Å²) in [6.45, 7) is -0.220. The number of rotatable bonds is 5. The fourth-order valence-electron chi connectivity index (χ4n) is 1.05. The van der Waals surface area contributed by atoms with E-state index in [1.165, 1.54) is 24.3 Å². The van der Waals surface area contributed by atoms with Crippen molar-refractivity contribution in [3.8, 4) is 5.75 Å². The van der Waals surface area contributed by atoms with Crippen LogP contribution < -0.4 is 10.5 Å². The van der Waals surface area contributed by atoms with Crippen LogP contribution in [0.4, 0.5) is 0 Å². The van der Waals surface area contributed by atoms with Crippen LogP contribution in [0.2, 0.25) is 0 Å². The summed E-state index contributed by atoms with van der Waals surface area (Å²) >= 11 is 0. The Morgan fingerprint density at radius 1 is 1.53 bits per heavy atom. The molecule has 3 N–H and O–H groups in total. The van der Waals surface area contributed by atoms with Crippen molar-refractivity contribution in [2.24, 2.45) is 5.73 Å². The van der Waals surface area contributed by atoms with E-state index in [9.17, 15) is 13.2 Å². The molecule has 17 heavy (non-hydrogen) atoms. The molecule has 1 aromatic carbocycles. The molecule has 1 aromatic rings. The van der Waals surface area contributed by atoms with Gasteiger partial charge in [-0.05, 0) is 18.2 Å². The van der Waals surface area contributed by atoms with Crippen LogP contribution in [0.5, 0.6) is 5.75 Å². The molecular weight excluding hydrogens is 246 g/mol. The first-order valence-electron chi connectivity index (χ1n) is 4.72. The van der Waals surface area contributed by atoms with Gasteiger partial charge in [0.05, 0.1) is 4.90 Å². The number of carboxylic acid groups (broad SMARTS) is 1. The number of carbonyl (C=O) groups is 1. The Balaban J connectivity index is 2.77. The first kappa shape index (κ1) is 13.5. The van der Waals surface area contributed by atoms with Crippen molar-refractivity contribution < 1.29 is 23.1 Å². The zero-order valence-corrected chi connectivity index (χ0v) is 9.98. The van der Waals surface area contributed by atoms with Gasteiger partial charge in [0.2, 0.25) is 0 Å². The Morgan fingerprint density at radius 3 is 2.71 bits per heavy atom. The van der Waals surface area contributed by atoms with Crippen molar-refractivity contribution in [1.29, 1.82) is 0 Å². The van der Waals surface area contributed by atoms with E-state index in [0.29, 0.717) is 0 Å². The van der Waals surface area contributed by atoms with Crippen molar-refractivity contribution >= 4 is 15.8 Å². The lowest BCUT2D eigenvalue weighted by Crippen LogP contribution is -2.36. The fourth-order valence-corrected chi connectivity index (χ4v) is 1.71. The summed E-state index contributed by atoms with van der Waals surface area (Å²) < 4.78 is 27.6. The van der Waals surface area contributed by atoms with Gasteiger partial charge in [-0.1, -0.05) is 6.07 Å². The summed E-state index contributed by atoms with van der Waals surface area (Å²) in [6, 6.07) is 4.65. The third-order valence-electron chi connectivity index (χ3n) is 1.98. The van der Waals surface area contributed by atoms with Crippen molar-refractivity contribution in [2.45, 2.75) is 10.9 Å². The van der Waals surface area contributed by atoms with Gasteiger partial charge in [-0.25, -0.2) is 8.42 Å². The van der Waals surface area contributed by atoms with Crippen molar-refractivity contribution in [1.82, 2.24) is 0 Å². The molecule has 0 aliphatic heterocycles. The van der Waals surface area contributed by atoms with Crippen LogP contribution in [0.25, 0.3) is 0 Å². The molecule has 94 valence electrons. The monoisotopic (exact) mass is 259 g/mol. The van der Waals surface area contributed by atoms with Crippen LogP contribution in [0.15, 0.2) is 29.2 Å². The molecular formula is C10H13NO5S. The van der Waals surface area contributed by atoms with Gasteiger partial charge in [0.15, 0.2) is 9.84 Å². The zero-order chi connectivity index (χ0) is 13.1. The van der Waals surface area contributed by atoms with E-state index < -0.39 is 21.8 Å². The molecule has 0 heterocycles. The van der Waals surface area contributed by atoms with Crippen LogP contribution in [-0.4, -0.2) is 38.4 Å². The zero-order valence-electron chi connectivity index (χ0n) is 9.16. The first-order chi connectivity index (χ1) is 7.80. The number of ether oxygens (including phenoxy) is 1. The van der Waals surface area contributed by atoms with Gasteiger partial charge in [-0.2, -0.15) is 0 Å². The molecule has 0 aliphatic rings. The summed E-state index contributed by atoms with van der Waals surface area (Å²) in [4.78, 5) is 10.6. The maximum Gasteiger partial charge on any atom is 0.324 e. The second kappa shape index (κ2) is 5.15. The molecule has 1 rings (SSSR count). The van der Waals surface area contributed by atoms with Crippen molar-refractivity contribution in [2.75, 3.05) is 12.9 Å². The maximum absolute atomic E-state index is 11.3. The van der Waals surface area contributed by atoms with E-state index >= 15 is 0 Å². The summed E-state index contributed by atoms with van der Waals surface area (Å²) in [5.41, 5.74) is 5.25. The average molecular weight is 259 g/mol. The van der Waals surface area contributed by atoms with Crippen LogP contribution >= 0.6 is 0 Å². The van der Waals surface area contributed by atoms with Crippen LogP contribution in [-0.2, 0) is 14.6 Å². The van der Waals surface area contributed by atoms with Gasteiger partial charge < -0.3 is 15.6 Å². The molecule has 0 fully saturated rings. The van der Waals surface area contributed by atoms with Crippen molar-refractivity contribution in [3.63, 3.8) is 0 Å². The molecule has 0 bridgehead atoms. The molecule has 0 aromatic heterocycles. The third kappa shape index (κ3) is 4.04. The molecule has 7 heteroatoms. The Bertz CT molecular complexity index is 511. The molecule has 0 aliphatic carbocycles. The molecule has 0 saturated carbocycles. The quantitative estimate of drug-likeness (QED) is 0.763. The highest BCUT2D eigenvalue weighted by atomic mass is 32.2. The Labute approximate surface area is 98.9 Å². The summed E-state index contributed by atoms with van der Waals surface area (Å²) in [6.07, 6.45) is 1.08. The largest absolute Gasteiger partial charge is 0.491 e. The predicted octanol–water partition coefficient (Wildman–Crippen LogP) is -0.119. The van der Waals surface area contributed by atoms with Gasteiger partial charge in [0.25, 0.3) is 0 Å². The Hall–Kier alpha value is -1.60. The van der Waals surface area contributed by atoms with E-state index in [1.807, 2.05) is 0 Å². The SMILES string of the molecule is CS(=O)(=O)c1cccc(OCC(N)C(=O)O)c1. The minimum atomic E-state index is -3.31. The normalized spacial score (nSPS) is 13.1. The standard InChI is InChI=1S/C10H13NO5S/c1-17(14,15)8-4-2-3-7(5-8)16-6-9(11)10(12)13/h2-5,9H,6,11H2,1H3,(H,12,13). The topological polar surface area (TPSA) is 107 Å². The molecule has 0 amide bonds. The molecule has 1 unspecified atom stereocenters. The molecule has 1 atom stereocenters. The van der Waals surface area contributed by atoms with E-state index in [4.69, 9.17) is 15.6 Å². The third-order valence-corrected chi connectivity index (χ3v) is 3.09. The van der Waals surface area contributed by atoms with E-state index in [2.05, 4.69) is 0 Å². The highest BCUT2D eigenvalue weighted by molar-refractivity contribution is 7.90. The van der Waals surface area contributed by atoms with Gasteiger partial charge in [0, 0.05) is 6.26 Å². The summed E-state index contributed by atoms with van der Waals surface area (Å²) in [7, 11) is -3.31. The first-order valence-corrected chi connectivity index (χ1v) is 6.61. The molecule has 6 nitrogen and oxygen atoms in total. The van der Waals surface area contributed by atoms with Crippen LogP contribution in [0.1, 0.15) is 0 Å². The number of sulfone groups is 1. The number of hydrogen-bond donors (Lipinski definition) is 2. The highest BCUT2D eigenvalue weighted by Crippen LogP contribution is 2.17. The lowest BCUT2D eigenvalue weighted by atomic mass is 10.3. The van der Waals surface area contributed by atoms with Gasteiger partial charge in [-0.3, -0.25) is 4.79 Å². The number of hydrogen-bond acceptors (Lipinski definition) is 5. The lowest BCUT2D eigenvalue weighted by Gasteiger charge is -2.09.